The molecular weight excluding hydrogens is 515 g/mol. The van der Waals surface area contributed by atoms with Gasteiger partial charge in [-0.15, -0.1) is 24.0 Å². The van der Waals surface area contributed by atoms with Crippen molar-refractivity contribution in [3.05, 3.63) is 84.9 Å². The summed E-state index contributed by atoms with van der Waals surface area (Å²) in [4.78, 5) is 4.36. The molecule has 158 valence electrons. The Morgan fingerprint density at radius 1 is 0.900 bits per heavy atom. The van der Waals surface area contributed by atoms with Crippen LogP contribution in [0.5, 0.6) is 11.5 Å². The normalized spacial score (nSPS) is 11.4. The van der Waals surface area contributed by atoms with Gasteiger partial charge in [-0.3, -0.25) is 4.99 Å². The van der Waals surface area contributed by atoms with Gasteiger partial charge in [-0.25, -0.2) is 13.1 Å². The number of halogens is 1. The molecule has 0 radical (unpaired) electrons. The van der Waals surface area contributed by atoms with Crippen molar-refractivity contribution in [2.24, 2.45) is 10.7 Å². The van der Waals surface area contributed by atoms with Gasteiger partial charge in [0.25, 0.3) is 0 Å². The van der Waals surface area contributed by atoms with Gasteiger partial charge in [0.2, 0.25) is 10.0 Å². The number of nitrogens with zero attached hydrogens (tertiary/aromatic N) is 1. The Balaban J connectivity index is 0.00000320. The number of aliphatic imine (C=N–C) groups is 1. The Kier molecular flexibility index (Phi) is 9.09. The SMILES string of the molecule is I.NC(=NCCNS(=O)(=O)c1ccccc1)Nc1cccc(Oc2ccccc2)c1. The highest BCUT2D eigenvalue weighted by Gasteiger charge is 2.11. The molecule has 0 amide bonds. The summed E-state index contributed by atoms with van der Waals surface area (Å²) in [7, 11) is -3.55. The van der Waals surface area contributed by atoms with Gasteiger partial charge in [-0.2, -0.15) is 0 Å². The van der Waals surface area contributed by atoms with Crippen molar-refractivity contribution in [2.45, 2.75) is 4.90 Å². The molecule has 0 unspecified atom stereocenters. The zero-order valence-corrected chi connectivity index (χ0v) is 19.2. The van der Waals surface area contributed by atoms with Crippen LogP contribution in [0, 0.1) is 0 Å². The number of sulfonamides is 1. The molecule has 0 fully saturated rings. The predicted octanol–water partition coefficient (Wildman–Crippen LogP) is 3.80. The average molecular weight is 538 g/mol. The van der Waals surface area contributed by atoms with Crippen molar-refractivity contribution in [3.63, 3.8) is 0 Å². The van der Waals surface area contributed by atoms with Crippen LogP contribution in [0.2, 0.25) is 0 Å². The number of nitrogens with two attached hydrogens (primary N) is 1. The lowest BCUT2D eigenvalue weighted by atomic mass is 10.3. The predicted molar refractivity (Wildman–Crippen MR) is 130 cm³/mol. The summed E-state index contributed by atoms with van der Waals surface area (Å²) in [5.41, 5.74) is 6.60. The van der Waals surface area contributed by atoms with Gasteiger partial charge < -0.3 is 15.8 Å². The third kappa shape index (κ3) is 7.32. The van der Waals surface area contributed by atoms with E-state index in [0.717, 1.165) is 5.75 Å². The van der Waals surface area contributed by atoms with Gasteiger partial charge in [0.1, 0.15) is 11.5 Å². The summed E-state index contributed by atoms with van der Waals surface area (Å²) in [5.74, 6) is 1.57. The van der Waals surface area contributed by atoms with Crippen LogP contribution >= 0.6 is 24.0 Å². The summed E-state index contributed by atoms with van der Waals surface area (Å²) in [5, 5.41) is 2.97. The number of benzene rings is 3. The van der Waals surface area contributed by atoms with Crippen LogP contribution in [-0.4, -0.2) is 27.5 Å². The number of guanidine groups is 1. The van der Waals surface area contributed by atoms with Gasteiger partial charge in [-0.1, -0.05) is 42.5 Å². The highest BCUT2D eigenvalue weighted by Crippen LogP contribution is 2.23. The van der Waals surface area contributed by atoms with Crippen molar-refractivity contribution in [3.8, 4) is 11.5 Å². The maximum absolute atomic E-state index is 12.1. The first-order chi connectivity index (χ1) is 14.0. The van der Waals surface area contributed by atoms with Crippen LogP contribution in [-0.2, 0) is 10.0 Å². The fourth-order valence-electron chi connectivity index (χ4n) is 2.49. The fraction of sp³-hybridized carbons (Fsp3) is 0.0952. The minimum atomic E-state index is -3.55. The number of hydrogen-bond acceptors (Lipinski definition) is 4. The molecule has 3 aromatic rings. The third-order valence-electron chi connectivity index (χ3n) is 3.82. The first kappa shape index (κ1) is 23.6. The van der Waals surface area contributed by atoms with Gasteiger partial charge in [0.15, 0.2) is 5.96 Å². The van der Waals surface area contributed by atoms with Gasteiger partial charge in [0.05, 0.1) is 11.4 Å². The maximum Gasteiger partial charge on any atom is 0.240 e. The van der Waals surface area contributed by atoms with E-state index in [2.05, 4.69) is 15.0 Å². The Labute approximate surface area is 193 Å². The van der Waals surface area contributed by atoms with Crippen LogP contribution in [0.3, 0.4) is 0 Å². The third-order valence-corrected chi connectivity index (χ3v) is 5.30. The molecule has 0 atom stereocenters. The Morgan fingerprint density at radius 3 is 2.23 bits per heavy atom. The standard InChI is InChI=1S/C21H22N4O3S.HI/c22-21(23-14-15-24-29(26,27)20-12-5-2-6-13-20)25-17-8-7-11-19(16-17)28-18-9-3-1-4-10-18;/h1-13,16,24H,14-15H2,(H3,22,23,25);1H. The van der Waals surface area contributed by atoms with E-state index >= 15 is 0 Å². The number of ether oxygens (including phenoxy) is 1. The number of anilines is 1. The molecule has 0 bridgehead atoms. The molecule has 0 aliphatic carbocycles. The van der Waals surface area contributed by atoms with Gasteiger partial charge in [-0.05, 0) is 36.4 Å². The average Bonchev–Trinajstić information content (AvgIpc) is 2.73. The molecule has 30 heavy (non-hydrogen) atoms. The van der Waals surface area contributed by atoms with E-state index in [1.807, 2.05) is 48.5 Å². The Hall–Kier alpha value is -2.63. The lowest BCUT2D eigenvalue weighted by Crippen LogP contribution is -2.28. The number of hydrogen-bond donors (Lipinski definition) is 3. The Morgan fingerprint density at radius 2 is 1.53 bits per heavy atom. The molecule has 0 saturated heterocycles. The molecule has 0 aliphatic heterocycles. The number of nitrogens with one attached hydrogen (secondary N) is 2. The second-order valence-corrected chi connectivity index (χ2v) is 7.81. The summed E-state index contributed by atoms with van der Waals surface area (Å²) >= 11 is 0. The van der Waals surface area contributed by atoms with Gasteiger partial charge >= 0.3 is 0 Å². The van der Waals surface area contributed by atoms with Crippen molar-refractivity contribution in [1.29, 1.82) is 0 Å². The monoisotopic (exact) mass is 538 g/mol. The molecule has 7 nitrogen and oxygen atoms in total. The van der Waals surface area contributed by atoms with E-state index in [0.29, 0.717) is 11.4 Å². The van der Waals surface area contributed by atoms with Crippen molar-refractivity contribution >= 4 is 45.6 Å². The maximum atomic E-state index is 12.1. The quantitative estimate of drug-likeness (QED) is 0.175. The van der Waals surface area contributed by atoms with Crippen LogP contribution in [0.1, 0.15) is 0 Å². The molecular formula is C21H23IN4O3S. The molecule has 0 saturated carbocycles. The van der Waals surface area contributed by atoms with Gasteiger partial charge in [0, 0.05) is 18.3 Å². The lowest BCUT2D eigenvalue weighted by Gasteiger charge is -2.09. The van der Waals surface area contributed by atoms with Crippen LogP contribution < -0.4 is 20.5 Å². The summed E-state index contributed by atoms with van der Waals surface area (Å²) in [6.07, 6.45) is 0. The molecule has 4 N–H and O–H groups in total. The first-order valence-electron chi connectivity index (χ1n) is 8.97. The highest BCUT2D eigenvalue weighted by molar-refractivity contribution is 14.0. The topological polar surface area (TPSA) is 106 Å². The van der Waals surface area contributed by atoms with E-state index in [4.69, 9.17) is 10.5 Å². The molecule has 3 rings (SSSR count). The van der Waals surface area contributed by atoms with Crippen molar-refractivity contribution in [2.75, 3.05) is 18.4 Å². The molecule has 0 aromatic heterocycles. The van der Waals surface area contributed by atoms with E-state index in [-0.39, 0.29) is 47.9 Å². The number of para-hydroxylation sites is 1. The molecule has 0 heterocycles. The van der Waals surface area contributed by atoms with E-state index < -0.39 is 10.0 Å². The van der Waals surface area contributed by atoms with E-state index in [1.54, 1.807) is 24.3 Å². The van der Waals surface area contributed by atoms with Crippen LogP contribution in [0.25, 0.3) is 0 Å². The van der Waals surface area contributed by atoms with E-state index in [9.17, 15) is 8.42 Å². The number of rotatable bonds is 8. The molecule has 3 aromatic carbocycles. The van der Waals surface area contributed by atoms with E-state index in [1.165, 1.54) is 12.1 Å². The van der Waals surface area contributed by atoms with Crippen molar-refractivity contribution < 1.29 is 13.2 Å². The second kappa shape index (κ2) is 11.5. The highest BCUT2D eigenvalue weighted by atomic mass is 127. The summed E-state index contributed by atoms with van der Waals surface area (Å²) in [6.45, 7) is 0.335. The zero-order valence-electron chi connectivity index (χ0n) is 16.1. The minimum absolute atomic E-state index is 0. The van der Waals surface area contributed by atoms with Crippen LogP contribution in [0.4, 0.5) is 5.69 Å². The minimum Gasteiger partial charge on any atom is -0.457 e. The fourth-order valence-corrected chi connectivity index (χ4v) is 3.53. The second-order valence-electron chi connectivity index (χ2n) is 6.05. The Bertz CT molecular complexity index is 1060. The zero-order chi connectivity index (χ0) is 20.5. The summed E-state index contributed by atoms with van der Waals surface area (Å²) < 4.78 is 32.5. The van der Waals surface area contributed by atoms with Crippen LogP contribution in [0.15, 0.2) is 94.8 Å². The summed E-state index contributed by atoms with van der Waals surface area (Å²) in [6, 6.07) is 24.9. The smallest absolute Gasteiger partial charge is 0.240 e. The molecule has 9 heteroatoms. The van der Waals surface area contributed by atoms with Crippen molar-refractivity contribution in [1.82, 2.24) is 4.72 Å². The molecule has 0 aliphatic rings. The largest absolute Gasteiger partial charge is 0.457 e. The lowest BCUT2D eigenvalue weighted by molar-refractivity contribution is 0.483. The molecule has 0 spiro atoms. The first-order valence-corrected chi connectivity index (χ1v) is 10.5.